The zero-order valence-electron chi connectivity index (χ0n) is 13.6. The number of hydrogen-bond acceptors (Lipinski definition) is 2. The molecular weight excluding hydrogens is 306 g/mol. The van der Waals surface area contributed by atoms with Crippen LogP contribution in [0.25, 0.3) is 0 Å². The van der Waals surface area contributed by atoms with Crippen LogP contribution in [-0.4, -0.2) is 22.6 Å². The Kier molecular flexibility index (Phi) is 6.12. The lowest BCUT2D eigenvalue weighted by Crippen LogP contribution is -2.33. The van der Waals surface area contributed by atoms with Crippen LogP contribution in [0.4, 0.5) is 0 Å². The molecule has 23 heavy (non-hydrogen) atoms. The first-order valence-corrected chi connectivity index (χ1v) is 9.10. The second-order valence-corrected chi connectivity index (χ2v) is 7.06. The summed E-state index contributed by atoms with van der Waals surface area (Å²) in [6.07, 6.45) is 12.2. The van der Waals surface area contributed by atoms with Gasteiger partial charge < -0.3 is 9.88 Å². The number of piperidine rings is 1. The molecule has 3 rings (SSSR count). The van der Waals surface area contributed by atoms with Gasteiger partial charge in [-0.25, -0.2) is 4.98 Å². The highest BCUT2D eigenvalue weighted by Crippen LogP contribution is 2.28. The fourth-order valence-electron chi connectivity index (χ4n) is 3.68. The van der Waals surface area contributed by atoms with Crippen molar-refractivity contribution in [2.75, 3.05) is 13.1 Å². The summed E-state index contributed by atoms with van der Waals surface area (Å²) in [6.45, 7) is 3.44. The summed E-state index contributed by atoms with van der Waals surface area (Å²) in [5.74, 6) is 1.59. The molecule has 1 fully saturated rings. The molecule has 0 amide bonds. The van der Waals surface area contributed by atoms with E-state index in [1.165, 1.54) is 44.3 Å². The minimum atomic E-state index is 0.749. The van der Waals surface area contributed by atoms with E-state index in [1.54, 1.807) is 0 Å². The summed E-state index contributed by atoms with van der Waals surface area (Å²) in [4.78, 5) is 4.19. The molecule has 1 aromatic heterocycles. The van der Waals surface area contributed by atoms with Gasteiger partial charge in [-0.15, -0.1) is 0 Å². The molecular formula is C19H26ClN3. The number of aryl methyl sites for hydroxylation is 1. The number of aromatic nitrogens is 2. The predicted octanol–water partition coefficient (Wildman–Crippen LogP) is 4.18. The van der Waals surface area contributed by atoms with E-state index < -0.39 is 0 Å². The Morgan fingerprint density at radius 3 is 2.70 bits per heavy atom. The molecule has 0 aliphatic carbocycles. The standard InChI is InChI=1S/C19H26ClN3/c20-19-6-4-16(5-7-19)2-1-3-18(14-23-13-12-22-15-23)17-8-10-21-11-9-17/h4-7,12-13,15,17-18,21H,1-3,8-11,14H2. The predicted molar refractivity (Wildman–Crippen MR) is 95.7 cm³/mol. The lowest BCUT2D eigenvalue weighted by molar-refractivity contribution is 0.219. The Morgan fingerprint density at radius 2 is 2.00 bits per heavy atom. The maximum absolute atomic E-state index is 5.96. The van der Waals surface area contributed by atoms with E-state index in [0.717, 1.165) is 29.8 Å². The van der Waals surface area contributed by atoms with Gasteiger partial charge in [0.15, 0.2) is 0 Å². The monoisotopic (exact) mass is 331 g/mol. The molecule has 3 nitrogen and oxygen atoms in total. The molecule has 4 heteroatoms. The second-order valence-electron chi connectivity index (χ2n) is 6.63. The smallest absolute Gasteiger partial charge is 0.0945 e. The number of halogens is 1. The summed E-state index contributed by atoms with van der Waals surface area (Å²) in [5, 5.41) is 4.30. The van der Waals surface area contributed by atoms with Crippen LogP contribution >= 0.6 is 11.6 Å². The van der Waals surface area contributed by atoms with Crippen LogP contribution in [0.1, 0.15) is 31.2 Å². The number of rotatable bonds is 7. The van der Waals surface area contributed by atoms with Gasteiger partial charge >= 0.3 is 0 Å². The van der Waals surface area contributed by atoms with Crippen molar-refractivity contribution in [2.45, 2.75) is 38.6 Å². The highest BCUT2D eigenvalue weighted by Gasteiger charge is 2.23. The average Bonchev–Trinajstić information content (AvgIpc) is 3.10. The third kappa shape index (κ3) is 5.08. The van der Waals surface area contributed by atoms with Crippen LogP contribution in [0.15, 0.2) is 43.0 Å². The van der Waals surface area contributed by atoms with Crippen LogP contribution in [0, 0.1) is 11.8 Å². The van der Waals surface area contributed by atoms with Gasteiger partial charge in [-0.2, -0.15) is 0 Å². The van der Waals surface area contributed by atoms with Gasteiger partial charge in [0.05, 0.1) is 6.33 Å². The van der Waals surface area contributed by atoms with E-state index in [0.29, 0.717) is 0 Å². The van der Waals surface area contributed by atoms with Crippen LogP contribution in [0.3, 0.4) is 0 Å². The first-order valence-electron chi connectivity index (χ1n) is 8.72. The van der Waals surface area contributed by atoms with Gasteiger partial charge in [-0.3, -0.25) is 0 Å². The van der Waals surface area contributed by atoms with Crippen LogP contribution < -0.4 is 5.32 Å². The first kappa shape index (κ1) is 16.5. The van der Waals surface area contributed by atoms with E-state index in [2.05, 4.69) is 33.2 Å². The van der Waals surface area contributed by atoms with Crippen molar-refractivity contribution in [3.05, 3.63) is 53.6 Å². The molecule has 1 unspecified atom stereocenters. The summed E-state index contributed by atoms with van der Waals surface area (Å²) >= 11 is 5.96. The Hall–Kier alpha value is -1.32. The van der Waals surface area contributed by atoms with Gasteiger partial charge in [0.25, 0.3) is 0 Å². The summed E-state index contributed by atoms with van der Waals surface area (Å²) in [5.41, 5.74) is 1.39. The van der Waals surface area contributed by atoms with Gasteiger partial charge in [-0.1, -0.05) is 23.7 Å². The molecule has 2 heterocycles. The minimum absolute atomic E-state index is 0.749. The number of hydrogen-bond donors (Lipinski definition) is 1. The summed E-state index contributed by atoms with van der Waals surface area (Å²) < 4.78 is 2.25. The molecule has 0 radical (unpaired) electrons. The molecule has 1 aliphatic rings. The number of nitrogens with zero attached hydrogens (tertiary/aromatic N) is 2. The Morgan fingerprint density at radius 1 is 1.22 bits per heavy atom. The lowest BCUT2D eigenvalue weighted by atomic mass is 9.81. The Labute approximate surface area is 144 Å². The highest BCUT2D eigenvalue weighted by atomic mass is 35.5. The molecule has 0 bridgehead atoms. The molecule has 0 saturated carbocycles. The number of imidazole rings is 1. The van der Waals surface area contributed by atoms with E-state index in [-0.39, 0.29) is 0 Å². The van der Waals surface area contributed by atoms with Crippen molar-refractivity contribution in [1.29, 1.82) is 0 Å². The second kappa shape index (κ2) is 8.51. The van der Waals surface area contributed by atoms with E-state index in [1.807, 2.05) is 24.7 Å². The van der Waals surface area contributed by atoms with Crippen molar-refractivity contribution in [3.63, 3.8) is 0 Å². The summed E-state index contributed by atoms with van der Waals surface area (Å²) in [7, 11) is 0. The van der Waals surface area contributed by atoms with Crippen LogP contribution in [-0.2, 0) is 13.0 Å². The molecule has 1 N–H and O–H groups in total. The maximum Gasteiger partial charge on any atom is 0.0945 e. The van der Waals surface area contributed by atoms with Crippen molar-refractivity contribution in [3.8, 4) is 0 Å². The topological polar surface area (TPSA) is 29.9 Å². The molecule has 2 aromatic rings. The molecule has 1 aliphatic heterocycles. The minimum Gasteiger partial charge on any atom is -0.337 e. The Bertz CT molecular complexity index is 559. The normalized spacial score (nSPS) is 17.3. The molecule has 124 valence electrons. The number of benzene rings is 1. The van der Waals surface area contributed by atoms with E-state index >= 15 is 0 Å². The zero-order valence-corrected chi connectivity index (χ0v) is 14.4. The average molecular weight is 332 g/mol. The van der Waals surface area contributed by atoms with Gasteiger partial charge in [0, 0.05) is 24.0 Å². The lowest BCUT2D eigenvalue weighted by Gasteiger charge is -2.31. The number of nitrogens with one attached hydrogen (secondary N) is 1. The van der Waals surface area contributed by atoms with Crippen molar-refractivity contribution >= 4 is 11.6 Å². The first-order chi connectivity index (χ1) is 11.3. The van der Waals surface area contributed by atoms with Crippen LogP contribution in [0.2, 0.25) is 5.02 Å². The quantitative estimate of drug-likeness (QED) is 0.825. The van der Waals surface area contributed by atoms with E-state index in [4.69, 9.17) is 11.6 Å². The Balaban J connectivity index is 1.55. The fourth-order valence-corrected chi connectivity index (χ4v) is 3.80. The molecule has 1 aromatic carbocycles. The van der Waals surface area contributed by atoms with Gasteiger partial charge in [-0.05, 0) is 74.7 Å². The fraction of sp³-hybridized carbons (Fsp3) is 0.526. The largest absolute Gasteiger partial charge is 0.337 e. The third-order valence-electron chi connectivity index (χ3n) is 5.01. The zero-order chi connectivity index (χ0) is 15.9. The third-order valence-corrected chi connectivity index (χ3v) is 5.26. The molecule has 1 atom stereocenters. The summed E-state index contributed by atoms with van der Waals surface area (Å²) in [6, 6.07) is 8.29. The van der Waals surface area contributed by atoms with Crippen molar-refractivity contribution < 1.29 is 0 Å². The van der Waals surface area contributed by atoms with Crippen molar-refractivity contribution in [1.82, 2.24) is 14.9 Å². The van der Waals surface area contributed by atoms with Crippen LogP contribution in [0.5, 0.6) is 0 Å². The molecule has 1 saturated heterocycles. The van der Waals surface area contributed by atoms with E-state index in [9.17, 15) is 0 Å². The maximum atomic E-state index is 5.96. The SMILES string of the molecule is Clc1ccc(CCCC(Cn2ccnc2)C2CCNCC2)cc1. The van der Waals surface area contributed by atoms with Gasteiger partial charge in [0.2, 0.25) is 0 Å². The van der Waals surface area contributed by atoms with Gasteiger partial charge in [0.1, 0.15) is 0 Å². The highest BCUT2D eigenvalue weighted by molar-refractivity contribution is 6.30. The van der Waals surface area contributed by atoms with Crippen molar-refractivity contribution in [2.24, 2.45) is 11.8 Å². The molecule has 0 spiro atoms.